The van der Waals surface area contributed by atoms with E-state index < -0.39 is 11.9 Å². The van der Waals surface area contributed by atoms with Crippen LogP contribution in [0.15, 0.2) is 36.4 Å². The van der Waals surface area contributed by atoms with Gasteiger partial charge in [0.1, 0.15) is 0 Å². The molecule has 1 aromatic heterocycles. The normalized spacial score (nSPS) is 20.7. The van der Waals surface area contributed by atoms with Crippen LogP contribution in [-0.2, 0) is 4.79 Å². The average molecular weight is 329 g/mol. The lowest BCUT2D eigenvalue weighted by Crippen LogP contribution is -2.29. The Morgan fingerprint density at radius 2 is 1.87 bits per heavy atom. The van der Waals surface area contributed by atoms with E-state index in [1.165, 1.54) is 11.3 Å². The second-order valence-corrected chi connectivity index (χ2v) is 7.28. The van der Waals surface area contributed by atoms with Crippen molar-refractivity contribution in [3.63, 3.8) is 0 Å². The first-order chi connectivity index (χ1) is 11.0. The van der Waals surface area contributed by atoms with Gasteiger partial charge in [0.2, 0.25) is 0 Å². The first-order valence-electron chi connectivity index (χ1n) is 7.61. The minimum atomic E-state index is -0.840. The number of likely N-dealkylation sites (tertiary alicyclic amines) is 1. The third-order valence-electron chi connectivity index (χ3n) is 4.53. The zero-order valence-corrected chi connectivity index (χ0v) is 14.0. The molecule has 1 saturated heterocycles. The van der Waals surface area contributed by atoms with Gasteiger partial charge in [0, 0.05) is 23.9 Å². The maximum atomic E-state index is 12.7. The lowest BCUT2D eigenvalue weighted by molar-refractivity contribution is -0.141. The number of hydrogen-bond acceptors (Lipinski definition) is 3. The summed E-state index contributed by atoms with van der Waals surface area (Å²) in [7, 11) is 0. The van der Waals surface area contributed by atoms with Crippen molar-refractivity contribution < 1.29 is 14.7 Å². The topological polar surface area (TPSA) is 57.6 Å². The van der Waals surface area contributed by atoms with Gasteiger partial charge < -0.3 is 10.0 Å². The van der Waals surface area contributed by atoms with Crippen LogP contribution < -0.4 is 0 Å². The summed E-state index contributed by atoms with van der Waals surface area (Å²) >= 11 is 1.48. The molecule has 2 unspecified atom stereocenters. The first-order valence-corrected chi connectivity index (χ1v) is 8.43. The summed E-state index contributed by atoms with van der Waals surface area (Å²) in [6, 6.07) is 11.5. The number of carboxylic acid groups (broad SMARTS) is 1. The van der Waals surface area contributed by atoms with Crippen LogP contribution >= 0.6 is 11.3 Å². The molecule has 2 heterocycles. The predicted octanol–water partition coefficient (Wildman–Crippen LogP) is 3.31. The van der Waals surface area contributed by atoms with E-state index in [2.05, 4.69) is 0 Å². The van der Waals surface area contributed by atoms with Gasteiger partial charge in [-0.15, -0.1) is 11.3 Å². The maximum absolute atomic E-state index is 12.7. The smallest absolute Gasteiger partial charge is 0.308 e. The number of aryl methyl sites for hydroxylation is 2. The minimum Gasteiger partial charge on any atom is -0.481 e. The van der Waals surface area contributed by atoms with Gasteiger partial charge in [-0.25, -0.2) is 0 Å². The van der Waals surface area contributed by atoms with Crippen molar-refractivity contribution in [1.29, 1.82) is 0 Å². The van der Waals surface area contributed by atoms with Gasteiger partial charge in [0.05, 0.1) is 10.8 Å². The Morgan fingerprint density at radius 1 is 1.17 bits per heavy atom. The quantitative estimate of drug-likeness (QED) is 0.940. The minimum absolute atomic E-state index is 0.0594. The van der Waals surface area contributed by atoms with Gasteiger partial charge in [-0.05, 0) is 31.0 Å². The van der Waals surface area contributed by atoms with Crippen LogP contribution in [0.3, 0.4) is 0 Å². The molecule has 0 bridgehead atoms. The Hall–Kier alpha value is -2.14. The molecule has 23 heavy (non-hydrogen) atoms. The van der Waals surface area contributed by atoms with Crippen molar-refractivity contribution in [2.75, 3.05) is 13.1 Å². The number of thiophene rings is 1. The summed E-state index contributed by atoms with van der Waals surface area (Å²) in [5.74, 6) is -1.60. The number of carboxylic acids is 1. The fourth-order valence-corrected chi connectivity index (χ4v) is 4.09. The van der Waals surface area contributed by atoms with Crippen molar-refractivity contribution >= 4 is 23.2 Å². The highest BCUT2D eigenvalue weighted by Gasteiger charge is 2.40. The van der Waals surface area contributed by atoms with Crippen LogP contribution in [0.2, 0.25) is 0 Å². The summed E-state index contributed by atoms with van der Waals surface area (Å²) in [4.78, 5) is 27.8. The lowest BCUT2D eigenvalue weighted by atomic mass is 9.89. The van der Waals surface area contributed by atoms with Crippen LogP contribution in [-0.4, -0.2) is 35.0 Å². The van der Waals surface area contributed by atoms with E-state index >= 15 is 0 Å². The second-order valence-electron chi connectivity index (χ2n) is 6.02. The molecule has 2 aromatic rings. The van der Waals surface area contributed by atoms with Crippen LogP contribution in [0.4, 0.5) is 0 Å². The zero-order chi connectivity index (χ0) is 16.6. The van der Waals surface area contributed by atoms with E-state index in [0.717, 1.165) is 16.0 Å². The number of carbonyl (C=O) groups is 2. The fourth-order valence-electron chi connectivity index (χ4n) is 3.09. The average Bonchev–Trinajstić information content (AvgIpc) is 3.12. The second kappa shape index (κ2) is 6.16. The highest BCUT2D eigenvalue weighted by atomic mass is 32.1. The van der Waals surface area contributed by atoms with Gasteiger partial charge in [-0.2, -0.15) is 0 Å². The summed E-state index contributed by atoms with van der Waals surface area (Å²) in [5.41, 5.74) is 2.08. The number of amides is 1. The maximum Gasteiger partial charge on any atom is 0.308 e. The Labute approximate surface area is 139 Å². The Balaban J connectivity index is 1.85. The Kier molecular flexibility index (Phi) is 4.22. The van der Waals surface area contributed by atoms with Gasteiger partial charge >= 0.3 is 5.97 Å². The molecule has 1 aliphatic heterocycles. The van der Waals surface area contributed by atoms with Crippen LogP contribution in [0.25, 0.3) is 0 Å². The van der Waals surface area contributed by atoms with E-state index in [1.54, 1.807) is 4.90 Å². The van der Waals surface area contributed by atoms with Gasteiger partial charge in [-0.3, -0.25) is 9.59 Å². The van der Waals surface area contributed by atoms with E-state index in [1.807, 2.05) is 50.2 Å². The summed E-state index contributed by atoms with van der Waals surface area (Å²) < 4.78 is 0. The van der Waals surface area contributed by atoms with Crippen LogP contribution in [0.1, 0.15) is 31.6 Å². The van der Waals surface area contributed by atoms with Gasteiger partial charge in [-0.1, -0.05) is 30.3 Å². The summed E-state index contributed by atoms with van der Waals surface area (Å²) in [6.07, 6.45) is 0. The van der Waals surface area contributed by atoms with Crippen molar-refractivity contribution in [3.05, 3.63) is 57.3 Å². The van der Waals surface area contributed by atoms with E-state index in [4.69, 9.17) is 0 Å². The van der Waals surface area contributed by atoms with Crippen LogP contribution in [0.5, 0.6) is 0 Å². The molecule has 2 atom stereocenters. The van der Waals surface area contributed by atoms with E-state index in [9.17, 15) is 14.7 Å². The first kappa shape index (κ1) is 15.7. The Bertz CT molecular complexity index is 718. The number of aliphatic carboxylic acids is 1. The highest BCUT2D eigenvalue weighted by molar-refractivity contribution is 7.14. The van der Waals surface area contributed by atoms with Gasteiger partial charge in [0.25, 0.3) is 5.91 Å². The molecule has 4 nitrogen and oxygen atoms in total. The molecule has 1 fully saturated rings. The molecule has 1 amide bonds. The molecule has 1 N–H and O–H groups in total. The fraction of sp³-hybridized carbons (Fsp3) is 0.333. The third-order valence-corrected chi connectivity index (χ3v) is 5.67. The number of hydrogen-bond donors (Lipinski definition) is 1. The number of rotatable bonds is 3. The number of nitrogens with zero attached hydrogens (tertiary/aromatic N) is 1. The lowest BCUT2D eigenvalue weighted by Gasteiger charge is -2.15. The van der Waals surface area contributed by atoms with Crippen molar-refractivity contribution in [3.8, 4) is 0 Å². The third kappa shape index (κ3) is 3.01. The summed E-state index contributed by atoms with van der Waals surface area (Å²) in [5, 5.41) is 9.53. The molecule has 120 valence electrons. The van der Waals surface area contributed by atoms with Gasteiger partial charge in [0.15, 0.2) is 0 Å². The molecule has 0 spiro atoms. The van der Waals surface area contributed by atoms with E-state index in [0.29, 0.717) is 11.4 Å². The molecule has 0 radical (unpaired) electrons. The molecule has 5 heteroatoms. The molecule has 1 aromatic carbocycles. The van der Waals surface area contributed by atoms with Crippen molar-refractivity contribution in [1.82, 2.24) is 4.90 Å². The number of benzene rings is 1. The summed E-state index contributed by atoms with van der Waals surface area (Å²) in [6.45, 7) is 4.70. The molecule has 1 aliphatic rings. The molecule has 0 saturated carbocycles. The Morgan fingerprint density at radius 3 is 2.43 bits per heavy atom. The largest absolute Gasteiger partial charge is 0.481 e. The SMILES string of the molecule is Cc1cc(C(=O)N2CC(C(=O)O)C(c3ccccc3)C2)sc1C. The van der Waals surface area contributed by atoms with Crippen molar-refractivity contribution in [2.45, 2.75) is 19.8 Å². The van der Waals surface area contributed by atoms with Crippen molar-refractivity contribution in [2.24, 2.45) is 5.92 Å². The standard InChI is InChI=1S/C18H19NO3S/c1-11-8-16(23-12(11)2)17(20)19-9-14(15(10-19)18(21)22)13-6-4-3-5-7-13/h3-8,14-15H,9-10H2,1-2H3,(H,21,22). The molecular formula is C18H19NO3S. The molecule has 0 aliphatic carbocycles. The molecule has 3 rings (SSSR count). The monoisotopic (exact) mass is 329 g/mol. The zero-order valence-electron chi connectivity index (χ0n) is 13.2. The number of carbonyl (C=O) groups excluding carboxylic acids is 1. The van der Waals surface area contributed by atoms with E-state index in [-0.39, 0.29) is 18.4 Å². The predicted molar refractivity (Wildman–Crippen MR) is 90.0 cm³/mol. The van der Waals surface area contributed by atoms with Crippen LogP contribution in [0, 0.1) is 19.8 Å². The molecular weight excluding hydrogens is 310 g/mol. The highest BCUT2D eigenvalue weighted by Crippen LogP contribution is 2.34.